The molecule has 0 saturated carbocycles. The average molecular weight is 384 g/mol. The number of benzene rings is 2. The Bertz CT molecular complexity index is 1170. The molecule has 0 fully saturated rings. The number of fused-ring (bicyclic) bond motifs is 1. The lowest BCUT2D eigenvalue weighted by Crippen LogP contribution is -2.21. The highest BCUT2D eigenvalue weighted by molar-refractivity contribution is 7.18. The van der Waals surface area contributed by atoms with Crippen LogP contribution in [0, 0.1) is 11.3 Å². The van der Waals surface area contributed by atoms with E-state index in [-0.39, 0.29) is 0 Å². The third-order valence-corrected chi connectivity index (χ3v) is 6.22. The third-order valence-electron chi connectivity index (χ3n) is 5.05. The number of aromatic nitrogens is 1. The molecular formula is C24H21N3S. The van der Waals surface area contributed by atoms with Crippen molar-refractivity contribution in [3.8, 4) is 27.0 Å². The molecule has 2 aromatic heterocycles. The van der Waals surface area contributed by atoms with Crippen LogP contribution in [0.2, 0.25) is 0 Å². The van der Waals surface area contributed by atoms with E-state index in [0.29, 0.717) is 5.56 Å². The van der Waals surface area contributed by atoms with E-state index in [2.05, 4.69) is 78.3 Å². The maximum Gasteiger partial charge on any atom is 0.101 e. The molecule has 0 unspecified atom stereocenters. The smallest absolute Gasteiger partial charge is 0.101 e. The van der Waals surface area contributed by atoms with Gasteiger partial charge in [0, 0.05) is 46.5 Å². The molecule has 4 rings (SSSR count). The van der Waals surface area contributed by atoms with Gasteiger partial charge < -0.3 is 4.90 Å². The van der Waals surface area contributed by atoms with E-state index in [0.717, 1.165) is 23.5 Å². The van der Waals surface area contributed by atoms with E-state index in [1.807, 2.05) is 6.07 Å². The average Bonchev–Trinajstić information content (AvgIpc) is 3.24. The molecule has 4 aromatic rings. The molecule has 4 heteroatoms. The summed E-state index contributed by atoms with van der Waals surface area (Å²) in [7, 11) is 0. The standard InChI is InChI=1S/C24H21N3S/c1-3-27(4-2)21-8-7-17-13-19(6-5-18(17)14-21)23-9-10-24(28-23)22-11-12-26-16-20(22)15-25/h5-14,16H,3-4H2,1-2H3. The number of hydrogen-bond donors (Lipinski definition) is 0. The van der Waals surface area contributed by atoms with Gasteiger partial charge in [-0.1, -0.05) is 18.2 Å². The van der Waals surface area contributed by atoms with Gasteiger partial charge in [0.25, 0.3) is 0 Å². The van der Waals surface area contributed by atoms with Gasteiger partial charge in [-0.25, -0.2) is 0 Å². The van der Waals surface area contributed by atoms with Crippen molar-refractivity contribution >= 4 is 27.8 Å². The van der Waals surface area contributed by atoms with Crippen LogP contribution in [0.3, 0.4) is 0 Å². The first-order valence-corrected chi connectivity index (χ1v) is 10.3. The van der Waals surface area contributed by atoms with Gasteiger partial charge in [0.15, 0.2) is 0 Å². The molecule has 0 bridgehead atoms. The molecule has 0 radical (unpaired) electrons. The Labute approximate surface area is 169 Å². The van der Waals surface area contributed by atoms with Gasteiger partial charge in [-0.05, 0) is 66.6 Å². The molecule has 2 aromatic carbocycles. The van der Waals surface area contributed by atoms with E-state index in [1.54, 1.807) is 23.7 Å². The molecule has 0 N–H and O–H groups in total. The quantitative estimate of drug-likeness (QED) is 0.403. The van der Waals surface area contributed by atoms with Crippen molar-refractivity contribution in [2.45, 2.75) is 13.8 Å². The Kier molecular flexibility index (Phi) is 5.10. The van der Waals surface area contributed by atoms with Crippen LogP contribution < -0.4 is 4.90 Å². The zero-order valence-electron chi connectivity index (χ0n) is 16.0. The third kappa shape index (κ3) is 3.37. The van der Waals surface area contributed by atoms with Crippen molar-refractivity contribution < 1.29 is 0 Å². The minimum absolute atomic E-state index is 0.610. The number of pyridine rings is 1. The van der Waals surface area contributed by atoms with Crippen LogP contribution in [0.15, 0.2) is 67.0 Å². The Morgan fingerprint density at radius 3 is 2.46 bits per heavy atom. The number of rotatable bonds is 5. The first-order valence-electron chi connectivity index (χ1n) is 9.47. The minimum Gasteiger partial charge on any atom is -0.372 e. The summed E-state index contributed by atoms with van der Waals surface area (Å²) in [6.07, 6.45) is 3.36. The second-order valence-corrected chi connectivity index (χ2v) is 7.70. The van der Waals surface area contributed by atoms with Crippen LogP contribution in [-0.2, 0) is 0 Å². The molecule has 2 heterocycles. The first kappa shape index (κ1) is 18.2. The fourth-order valence-electron chi connectivity index (χ4n) is 3.51. The van der Waals surface area contributed by atoms with Crippen LogP contribution in [0.25, 0.3) is 31.7 Å². The van der Waals surface area contributed by atoms with Crippen molar-refractivity contribution in [2.24, 2.45) is 0 Å². The summed E-state index contributed by atoms with van der Waals surface area (Å²) in [6.45, 7) is 6.40. The zero-order valence-corrected chi connectivity index (χ0v) is 16.8. The second-order valence-electron chi connectivity index (χ2n) is 6.62. The summed E-state index contributed by atoms with van der Waals surface area (Å²) < 4.78 is 0. The summed E-state index contributed by atoms with van der Waals surface area (Å²) in [6, 6.07) is 21.7. The Morgan fingerprint density at radius 2 is 1.68 bits per heavy atom. The monoisotopic (exact) mass is 383 g/mol. The highest BCUT2D eigenvalue weighted by atomic mass is 32.1. The minimum atomic E-state index is 0.610. The van der Waals surface area contributed by atoms with Gasteiger partial charge >= 0.3 is 0 Å². The largest absolute Gasteiger partial charge is 0.372 e. The number of thiophene rings is 1. The van der Waals surface area contributed by atoms with Gasteiger partial charge in [0.2, 0.25) is 0 Å². The predicted molar refractivity (Wildman–Crippen MR) is 119 cm³/mol. The van der Waals surface area contributed by atoms with Crippen molar-refractivity contribution in [2.75, 3.05) is 18.0 Å². The Morgan fingerprint density at radius 1 is 0.929 bits per heavy atom. The lowest BCUT2D eigenvalue weighted by molar-refractivity contribution is 0.867. The summed E-state index contributed by atoms with van der Waals surface area (Å²) in [5.41, 5.74) is 4.02. The topological polar surface area (TPSA) is 39.9 Å². The molecular weight excluding hydrogens is 362 g/mol. The molecule has 0 aliphatic heterocycles. The van der Waals surface area contributed by atoms with Crippen molar-refractivity contribution in [3.63, 3.8) is 0 Å². The first-order chi connectivity index (χ1) is 13.7. The van der Waals surface area contributed by atoms with Gasteiger partial charge in [-0.3, -0.25) is 4.98 Å². The molecule has 138 valence electrons. The predicted octanol–water partition coefficient (Wildman–Crippen LogP) is 6.35. The molecule has 0 spiro atoms. The molecule has 0 saturated heterocycles. The van der Waals surface area contributed by atoms with Gasteiger partial charge in [0.1, 0.15) is 6.07 Å². The fourth-order valence-corrected chi connectivity index (χ4v) is 4.55. The zero-order chi connectivity index (χ0) is 19.5. The lowest BCUT2D eigenvalue weighted by atomic mass is 10.0. The number of nitrogens with zero attached hydrogens (tertiary/aromatic N) is 3. The Balaban J connectivity index is 1.69. The van der Waals surface area contributed by atoms with Crippen molar-refractivity contribution in [1.82, 2.24) is 4.98 Å². The summed E-state index contributed by atoms with van der Waals surface area (Å²) in [5.74, 6) is 0. The second kappa shape index (κ2) is 7.84. The summed E-state index contributed by atoms with van der Waals surface area (Å²) in [5, 5.41) is 11.8. The van der Waals surface area contributed by atoms with E-state index in [1.165, 1.54) is 26.9 Å². The molecule has 0 aliphatic carbocycles. The van der Waals surface area contributed by atoms with Crippen molar-refractivity contribution in [3.05, 3.63) is 72.6 Å². The van der Waals surface area contributed by atoms with E-state index in [9.17, 15) is 5.26 Å². The van der Waals surface area contributed by atoms with E-state index in [4.69, 9.17) is 0 Å². The van der Waals surface area contributed by atoms with Crippen molar-refractivity contribution in [1.29, 1.82) is 5.26 Å². The van der Waals surface area contributed by atoms with Crippen LogP contribution >= 0.6 is 11.3 Å². The lowest BCUT2D eigenvalue weighted by Gasteiger charge is -2.21. The van der Waals surface area contributed by atoms with E-state index < -0.39 is 0 Å². The number of anilines is 1. The Hall–Kier alpha value is -3.16. The molecule has 0 aliphatic rings. The van der Waals surface area contributed by atoms with Gasteiger partial charge in [0.05, 0.1) is 5.56 Å². The molecule has 28 heavy (non-hydrogen) atoms. The van der Waals surface area contributed by atoms with Gasteiger partial charge in [-0.2, -0.15) is 5.26 Å². The van der Waals surface area contributed by atoms with Crippen LogP contribution in [0.4, 0.5) is 5.69 Å². The normalized spacial score (nSPS) is 10.8. The van der Waals surface area contributed by atoms with Crippen LogP contribution in [0.5, 0.6) is 0 Å². The summed E-state index contributed by atoms with van der Waals surface area (Å²) >= 11 is 1.71. The maximum absolute atomic E-state index is 9.33. The highest BCUT2D eigenvalue weighted by Gasteiger charge is 2.10. The molecule has 0 atom stereocenters. The fraction of sp³-hybridized carbons (Fsp3) is 0.167. The van der Waals surface area contributed by atoms with Gasteiger partial charge in [-0.15, -0.1) is 11.3 Å². The van der Waals surface area contributed by atoms with Crippen LogP contribution in [-0.4, -0.2) is 18.1 Å². The molecule has 3 nitrogen and oxygen atoms in total. The summed E-state index contributed by atoms with van der Waals surface area (Å²) in [4.78, 5) is 8.70. The number of hydrogen-bond acceptors (Lipinski definition) is 4. The van der Waals surface area contributed by atoms with E-state index >= 15 is 0 Å². The SMILES string of the molecule is CCN(CC)c1ccc2cc(-c3ccc(-c4ccncc4C#N)s3)ccc2c1. The highest BCUT2D eigenvalue weighted by Crippen LogP contribution is 2.37. The van der Waals surface area contributed by atoms with Crippen LogP contribution in [0.1, 0.15) is 19.4 Å². The number of nitriles is 1. The maximum atomic E-state index is 9.33. The molecule has 0 amide bonds.